The minimum absolute atomic E-state index is 0.0886. The monoisotopic (exact) mass is 468 g/mol. The zero-order chi connectivity index (χ0) is 24.6. The van der Waals surface area contributed by atoms with Crippen LogP contribution < -0.4 is 5.73 Å². The summed E-state index contributed by atoms with van der Waals surface area (Å²) in [4.78, 5) is 19.9. The summed E-state index contributed by atoms with van der Waals surface area (Å²) in [6.07, 6.45) is -3.05. The first-order valence-corrected chi connectivity index (χ1v) is 10.1. The van der Waals surface area contributed by atoms with Crippen molar-refractivity contribution in [2.75, 3.05) is 0 Å². The van der Waals surface area contributed by atoms with Crippen molar-refractivity contribution in [3.8, 4) is 11.5 Å². The second kappa shape index (κ2) is 8.60. The van der Waals surface area contributed by atoms with E-state index in [-0.39, 0.29) is 24.6 Å². The molecule has 2 heterocycles. The minimum Gasteiger partial charge on any atom is -0.444 e. The first kappa shape index (κ1) is 24.4. The number of amides is 1. The fourth-order valence-corrected chi connectivity index (χ4v) is 3.52. The molecule has 7 nitrogen and oxygen atoms in total. The SMILES string of the molecule is CC(C)(CC(CC(C)(C)c1coc(-c2ccc(F)cc2)n1)c1noc(C(F)(F)F)n1)C(N)=O. The van der Waals surface area contributed by atoms with Gasteiger partial charge in [-0.2, -0.15) is 18.2 Å². The maximum absolute atomic E-state index is 13.2. The van der Waals surface area contributed by atoms with Crippen LogP contribution in [-0.2, 0) is 16.4 Å². The van der Waals surface area contributed by atoms with Crippen molar-refractivity contribution in [3.63, 3.8) is 0 Å². The number of carbonyl (C=O) groups excluding carboxylic acids is 1. The Kier molecular flexibility index (Phi) is 6.36. The van der Waals surface area contributed by atoms with Crippen LogP contribution in [0.15, 0.2) is 39.5 Å². The van der Waals surface area contributed by atoms with E-state index in [1.54, 1.807) is 13.8 Å². The highest BCUT2D eigenvalue weighted by Crippen LogP contribution is 2.41. The van der Waals surface area contributed by atoms with Crippen LogP contribution >= 0.6 is 0 Å². The molecule has 0 bridgehead atoms. The average molecular weight is 468 g/mol. The molecule has 0 saturated heterocycles. The van der Waals surface area contributed by atoms with Crippen LogP contribution in [0.4, 0.5) is 17.6 Å². The van der Waals surface area contributed by atoms with E-state index in [1.807, 2.05) is 13.8 Å². The predicted octanol–water partition coefficient (Wildman–Crippen LogP) is 5.24. The summed E-state index contributed by atoms with van der Waals surface area (Å²) in [7, 11) is 0. The second-order valence-electron chi connectivity index (χ2n) is 9.24. The summed E-state index contributed by atoms with van der Waals surface area (Å²) in [5, 5.41) is 3.53. The lowest BCUT2D eigenvalue weighted by Crippen LogP contribution is -2.34. The summed E-state index contributed by atoms with van der Waals surface area (Å²) >= 11 is 0. The quantitative estimate of drug-likeness (QED) is 0.453. The lowest BCUT2D eigenvalue weighted by Gasteiger charge is -2.30. The van der Waals surface area contributed by atoms with Gasteiger partial charge in [0.15, 0.2) is 5.82 Å². The highest BCUT2D eigenvalue weighted by Gasteiger charge is 2.41. The molecular formula is C22H24F4N4O3. The Balaban J connectivity index is 1.91. The molecule has 2 aromatic heterocycles. The molecule has 178 valence electrons. The molecule has 1 aromatic carbocycles. The fourth-order valence-electron chi connectivity index (χ4n) is 3.52. The molecule has 0 fully saturated rings. The third kappa shape index (κ3) is 5.58. The Labute approximate surface area is 187 Å². The molecule has 1 atom stereocenters. The maximum atomic E-state index is 13.2. The van der Waals surface area contributed by atoms with E-state index in [9.17, 15) is 22.4 Å². The predicted molar refractivity (Wildman–Crippen MR) is 109 cm³/mol. The highest BCUT2D eigenvalue weighted by molar-refractivity contribution is 5.79. The molecule has 0 saturated carbocycles. The molecule has 0 aliphatic rings. The largest absolute Gasteiger partial charge is 0.471 e. The number of nitrogens with two attached hydrogens (primary N) is 1. The molecule has 0 aliphatic carbocycles. The molecule has 2 N–H and O–H groups in total. The molecule has 0 radical (unpaired) electrons. The lowest BCUT2D eigenvalue weighted by atomic mass is 9.73. The number of hydrogen-bond donors (Lipinski definition) is 1. The fraction of sp³-hybridized carbons (Fsp3) is 0.455. The Morgan fingerprint density at radius 3 is 2.24 bits per heavy atom. The van der Waals surface area contributed by atoms with Crippen LogP contribution in [0.1, 0.15) is 63.9 Å². The van der Waals surface area contributed by atoms with Crippen molar-refractivity contribution in [1.82, 2.24) is 15.1 Å². The van der Waals surface area contributed by atoms with Gasteiger partial charge in [0.25, 0.3) is 0 Å². The lowest BCUT2D eigenvalue weighted by molar-refractivity contribution is -0.159. The number of primary amides is 1. The van der Waals surface area contributed by atoms with Gasteiger partial charge in [0.1, 0.15) is 12.1 Å². The van der Waals surface area contributed by atoms with E-state index in [0.717, 1.165) is 0 Å². The van der Waals surface area contributed by atoms with Crippen LogP contribution in [0.3, 0.4) is 0 Å². The first-order chi connectivity index (χ1) is 15.2. The third-order valence-corrected chi connectivity index (χ3v) is 5.52. The van der Waals surface area contributed by atoms with Crippen LogP contribution in [0.2, 0.25) is 0 Å². The number of hydrogen-bond acceptors (Lipinski definition) is 6. The van der Waals surface area contributed by atoms with Crippen molar-refractivity contribution < 1.29 is 31.3 Å². The van der Waals surface area contributed by atoms with Crippen molar-refractivity contribution in [3.05, 3.63) is 53.8 Å². The standard InChI is InChI=1S/C22H24F4N4O3/c1-20(2,15-11-32-17(28-15)12-5-7-14(23)8-6-12)9-13(10-21(3,4)18(27)31)16-29-19(33-30-16)22(24,25)26/h5-8,11,13H,9-10H2,1-4H3,(H2,27,31). The van der Waals surface area contributed by atoms with Crippen molar-refractivity contribution >= 4 is 5.91 Å². The van der Waals surface area contributed by atoms with Crippen LogP contribution in [0.25, 0.3) is 11.5 Å². The number of oxazole rings is 1. The average Bonchev–Trinajstić information content (AvgIpc) is 3.38. The molecule has 3 rings (SSSR count). The van der Waals surface area contributed by atoms with Crippen LogP contribution in [0, 0.1) is 11.2 Å². The van der Waals surface area contributed by atoms with Gasteiger partial charge < -0.3 is 14.7 Å². The molecule has 1 unspecified atom stereocenters. The summed E-state index contributed by atoms with van der Waals surface area (Å²) < 4.78 is 62.2. The summed E-state index contributed by atoms with van der Waals surface area (Å²) in [5.74, 6) is -3.07. The second-order valence-corrected chi connectivity index (χ2v) is 9.24. The molecule has 11 heteroatoms. The van der Waals surface area contributed by atoms with E-state index >= 15 is 0 Å². The number of nitrogens with zero attached hydrogens (tertiary/aromatic N) is 3. The van der Waals surface area contributed by atoms with Crippen molar-refractivity contribution in [1.29, 1.82) is 0 Å². The van der Waals surface area contributed by atoms with Gasteiger partial charge in [-0.3, -0.25) is 4.79 Å². The Morgan fingerprint density at radius 2 is 1.70 bits per heavy atom. The number of aromatic nitrogens is 3. The summed E-state index contributed by atoms with van der Waals surface area (Å²) in [6, 6.07) is 5.60. The van der Waals surface area contributed by atoms with Gasteiger partial charge in [0, 0.05) is 22.3 Å². The summed E-state index contributed by atoms with van der Waals surface area (Å²) in [6.45, 7) is 6.86. The highest BCUT2D eigenvalue weighted by atomic mass is 19.4. The van der Waals surface area contributed by atoms with E-state index in [4.69, 9.17) is 10.2 Å². The normalized spacial score (nSPS) is 13.8. The number of benzene rings is 1. The molecule has 0 aliphatic heterocycles. The Bertz CT molecular complexity index is 1120. The molecule has 3 aromatic rings. The van der Waals surface area contributed by atoms with E-state index in [0.29, 0.717) is 11.3 Å². The van der Waals surface area contributed by atoms with Gasteiger partial charge in [0.05, 0.1) is 5.69 Å². The van der Waals surface area contributed by atoms with Crippen molar-refractivity contribution in [2.45, 2.75) is 58.0 Å². The smallest absolute Gasteiger partial charge is 0.444 e. The number of carbonyl (C=O) groups is 1. The zero-order valence-corrected chi connectivity index (χ0v) is 18.5. The molecule has 1 amide bonds. The van der Waals surface area contributed by atoms with E-state index < -0.39 is 40.5 Å². The number of halogens is 4. The van der Waals surface area contributed by atoms with Crippen molar-refractivity contribution in [2.24, 2.45) is 11.1 Å². The van der Waals surface area contributed by atoms with Gasteiger partial charge in [-0.15, -0.1) is 0 Å². The van der Waals surface area contributed by atoms with Crippen LogP contribution in [0.5, 0.6) is 0 Å². The van der Waals surface area contributed by atoms with Gasteiger partial charge in [-0.25, -0.2) is 9.37 Å². The van der Waals surface area contributed by atoms with E-state index in [2.05, 4.69) is 19.6 Å². The molecule has 0 spiro atoms. The number of alkyl halides is 3. The van der Waals surface area contributed by atoms with E-state index in [1.165, 1.54) is 30.5 Å². The first-order valence-electron chi connectivity index (χ1n) is 10.1. The maximum Gasteiger partial charge on any atom is 0.471 e. The summed E-state index contributed by atoms with van der Waals surface area (Å²) in [5.41, 5.74) is 4.81. The number of rotatable bonds is 8. The zero-order valence-electron chi connectivity index (χ0n) is 18.5. The topological polar surface area (TPSA) is 108 Å². The van der Waals surface area contributed by atoms with Gasteiger partial charge in [-0.05, 0) is 37.1 Å². The van der Waals surface area contributed by atoms with Gasteiger partial charge in [-0.1, -0.05) is 32.9 Å². The molecular weight excluding hydrogens is 444 g/mol. The minimum atomic E-state index is -4.79. The van der Waals surface area contributed by atoms with Gasteiger partial charge in [0.2, 0.25) is 11.8 Å². The Morgan fingerprint density at radius 1 is 1.06 bits per heavy atom. The third-order valence-electron chi connectivity index (χ3n) is 5.52. The van der Waals surface area contributed by atoms with Gasteiger partial charge >= 0.3 is 12.1 Å². The Hall–Kier alpha value is -3.24. The van der Waals surface area contributed by atoms with Crippen LogP contribution in [-0.4, -0.2) is 21.0 Å². The molecule has 33 heavy (non-hydrogen) atoms.